The number of hydrogen-bond acceptors (Lipinski definition) is 7. The zero-order chi connectivity index (χ0) is 10.0. The average Bonchev–Trinajstić information content (AvgIpc) is 2.15. The van der Waals surface area contributed by atoms with E-state index in [1.54, 1.807) is 0 Å². The molecule has 76 valence electrons. The Hall–Kier alpha value is -0.890. The van der Waals surface area contributed by atoms with E-state index in [1.807, 2.05) is 0 Å². The summed E-state index contributed by atoms with van der Waals surface area (Å²) >= 11 is 0. The second kappa shape index (κ2) is 3.88. The van der Waals surface area contributed by atoms with Crippen LogP contribution in [0.25, 0.3) is 0 Å². The number of aliphatic hydroxyl groups is 4. The minimum absolute atomic E-state index is 0.517. The van der Waals surface area contributed by atoms with Gasteiger partial charge in [-0.05, 0) is 0 Å². The minimum atomic E-state index is -1.58. The molecule has 7 heteroatoms. The quantitative estimate of drug-likeness (QED) is 0.227. The topological polar surface area (TPSA) is 123 Å². The molecule has 4 atom stereocenters. The fraction of sp³-hybridized carbons (Fsp3) is 0.833. The Kier molecular flexibility index (Phi) is 3.04. The molecule has 0 aromatic heterocycles. The van der Waals surface area contributed by atoms with Crippen molar-refractivity contribution in [2.24, 2.45) is 5.16 Å². The van der Waals surface area contributed by atoms with Gasteiger partial charge in [0.05, 0.1) is 6.61 Å². The molecule has 1 heterocycles. The largest absolute Gasteiger partial charge is 0.468 e. The van der Waals surface area contributed by atoms with E-state index in [-0.39, 0.29) is 0 Å². The second-order valence-electron chi connectivity index (χ2n) is 2.70. The first-order valence-electron chi connectivity index (χ1n) is 3.65. The Bertz CT molecular complexity index is 205. The van der Waals surface area contributed by atoms with E-state index in [0.717, 1.165) is 0 Å². The second-order valence-corrected chi connectivity index (χ2v) is 2.70. The minimum Gasteiger partial charge on any atom is -0.468 e. The van der Waals surface area contributed by atoms with Gasteiger partial charge in [-0.15, -0.1) is 0 Å². The molecule has 0 aliphatic carbocycles. The van der Waals surface area contributed by atoms with Gasteiger partial charge < -0.3 is 30.4 Å². The molecule has 0 unspecified atom stereocenters. The summed E-state index contributed by atoms with van der Waals surface area (Å²) in [5, 5.41) is 47.0. The molecule has 0 radical (unpaired) electrons. The van der Waals surface area contributed by atoms with Gasteiger partial charge in [-0.1, -0.05) is 5.16 Å². The Morgan fingerprint density at radius 3 is 2.31 bits per heavy atom. The predicted molar refractivity (Wildman–Crippen MR) is 39.2 cm³/mol. The van der Waals surface area contributed by atoms with E-state index in [0.29, 0.717) is 0 Å². The average molecular weight is 193 g/mol. The molecule has 0 aromatic carbocycles. The van der Waals surface area contributed by atoms with Crippen LogP contribution in [0.4, 0.5) is 0 Å². The van der Waals surface area contributed by atoms with Crippen molar-refractivity contribution in [1.82, 2.24) is 0 Å². The highest BCUT2D eigenvalue weighted by Gasteiger charge is 2.42. The van der Waals surface area contributed by atoms with Gasteiger partial charge in [0.25, 0.3) is 5.90 Å². The maximum absolute atomic E-state index is 9.19. The summed E-state index contributed by atoms with van der Waals surface area (Å²) in [6.45, 7) is -0.552. The fourth-order valence-electron chi connectivity index (χ4n) is 1.08. The first-order chi connectivity index (χ1) is 6.11. The first kappa shape index (κ1) is 10.2. The molecule has 1 rings (SSSR count). The summed E-state index contributed by atoms with van der Waals surface area (Å²) < 4.78 is 4.67. The molecule has 0 spiro atoms. The summed E-state index contributed by atoms with van der Waals surface area (Å²) in [6, 6.07) is 0. The van der Waals surface area contributed by atoms with Gasteiger partial charge in [0.1, 0.15) is 12.2 Å². The summed E-state index contributed by atoms with van der Waals surface area (Å²) in [4.78, 5) is 0. The predicted octanol–water partition coefficient (Wildman–Crippen LogP) is -2.75. The van der Waals surface area contributed by atoms with Crippen LogP contribution in [0.3, 0.4) is 0 Å². The number of ether oxygens (including phenoxy) is 1. The SMILES string of the molecule is OC[C@H]1OC(=NO)[C@H](O)[C@@H](O)[C@@H]1O. The van der Waals surface area contributed by atoms with Gasteiger partial charge in [-0.2, -0.15) is 0 Å². The van der Waals surface area contributed by atoms with Crippen LogP contribution < -0.4 is 0 Å². The van der Waals surface area contributed by atoms with Crippen LogP contribution in [-0.4, -0.2) is 62.6 Å². The van der Waals surface area contributed by atoms with Crippen LogP contribution in [0.2, 0.25) is 0 Å². The lowest BCUT2D eigenvalue weighted by molar-refractivity contribution is -0.130. The molecular formula is C6H11NO6. The van der Waals surface area contributed by atoms with Crippen molar-refractivity contribution in [3.05, 3.63) is 0 Å². The van der Waals surface area contributed by atoms with Gasteiger partial charge in [0.2, 0.25) is 0 Å². The molecule has 0 saturated carbocycles. The Morgan fingerprint density at radius 1 is 1.23 bits per heavy atom. The van der Waals surface area contributed by atoms with Crippen molar-refractivity contribution in [1.29, 1.82) is 0 Å². The van der Waals surface area contributed by atoms with Crippen LogP contribution in [0.1, 0.15) is 0 Å². The van der Waals surface area contributed by atoms with Crippen molar-refractivity contribution in [2.75, 3.05) is 6.61 Å². The molecule has 0 aromatic rings. The zero-order valence-corrected chi connectivity index (χ0v) is 6.61. The highest BCUT2D eigenvalue weighted by Crippen LogP contribution is 2.17. The van der Waals surface area contributed by atoms with Crippen LogP contribution in [0, 0.1) is 0 Å². The molecular weight excluding hydrogens is 182 g/mol. The van der Waals surface area contributed by atoms with E-state index in [9.17, 15) is 5.11 Å². The molecule has 5 N–H and O–H groups in total. The fourth-order valence-corrected chi connectivity index (χ4v) is 1.08. The molecule has 7 nitrogen and oxygen atoms in total. The monoisotopic (exact) mass is 193 g/mol. The summed E-state index contributed by atoms with van der Waals surface area (Å²) in [5.74, 6) is -0.517. The smallest absolute Gasteiger partial charge is 0.257 e. The maximum Gasteiger partial charge on any atom is 0.257 e. The zero-order valence-electron chi connectivity index (χ0n) is 6.61. The highest BCUT2D eigenvalue weighted by atomic mass is 16.6. The van der Waals surface area contributed by atoms with E-state index in [2.05, 4.69) is 9.89 Å². The lowest BCUT2D eigenvalue weighted by Crippen LogP contribution is -2.56. The summed E-state index contributed by atoms with van der Waals surface area (Å²) in [5.41, 5.74) is 0. The number of nitrogens with zero attached hydrogens (tertiary/aromatic N) is 1. The highest BCUT2D eigenvalue weighted by molar-refractivity contribution is 5.81. The van der Waals surface area contributed by atoms with E-state index in [4.69, 9.17) is 20.5 Å². The Labute approximate surface area is 73.5 Å². The molecule has 13 heavy (non-hydrogen) atoms. The van der Waals surface area contributed by atoms with Gasteiger partial charge in [0.15, 0.2) is 12.2 Å². The maximum atomic E-state index is 9.19. The molecule has 1 fully saturated rings. The van der Waals surface area contributed by atoms with Gasteiger partial charge >= 0.3 is 0 Å². The molecule has 0 amide bonds. The third-order valence-corrected chi connectivity index (χ3v) is 1.86. The molecule has 1 saturated heterocycles. The first-order valence-corrected chi connectivity index (χ1v) is 3.65. The van der Waals surface area contributed by atoms with Crippen molar-refractivity contribution < 1.29 is 30.4 Å². The normalized spacial score (nSPS) is 43.2. The lowest BCUT2D eigenvalue weighted by atomic mass is 10.00. The van der Waals surface area contributed by atoms with Crippen LogP contribution >= 0.6 is 0 Å². The summed E-state index contributed by atoms with van der Waals surface area (Å²) in [7, 11) is 0. The number of rotatable bonds is 1. The van der Waals surface area contributed by atoms with Gasteiger partial charge in [0, 0.05) is 0 Å². The van der Waals surface area contributed by atoms with E-state index in [1.165, 1.54) is 0 Å². The summed E-state index contributed by atoms with van der Waals surface area (Å²) in [6.07, 6.45) is -5.62. The van der Waals surface area contributed by atoms with Crippen LogP contribution in [0.5, 0.6) is 0 Å². The molecule has 0 bridgehead atoms. The van der Waals surface area contributed by atoms with Crippen molar-refractivity contribution >= 4 is 5.90 Å². The molecule has 1 aliphatic rings. The van der Waals surface area contributed by atoms with Crippen molar-refractivity contribution in [2.45, 2.75) is 24.4 Å². The van der Waals surface area contributed by atoms with E-state index < -0.39 is 36.9 Å². The van der Waals surface area contributed by atoms with Crippen LogP contribution in [0.15, 0.2) is 5.16 Å². The Morgan fingerprint density at radius 2 is 1.85 bits per heavy atom. The van der Waals surface area contributed by atoms with E-state index >= 15 is 0 Å². The van der Waals surface area contributed by atoms with Gasteiger partial charge in [-0.25, -0.2) is 0 Å². The standard InChI is InChI=1S/C6H11NO6/c8-1-2-3(9)4(10)5(11)6(7-12)13-2/h2-5,8-12H,1H2/t2-,3-,4+,5-/m1/s1. The third kappa shape index (κ3) is 1.73. The number of hydrogen-bond donors (Lipinski definition) is 5. The van der Waals surface area contributed by atoms with Crippen molar-refractivity contribution in [3.8, 4) is 0 Å². The van der Waals surface area contributed by atoms with Crippen LogP contribution in [-0.2, 0) is 4.74 Å². The molecule has 1 aliphatic heterocycles. The number of aliphatic hydroxyl groups excluding tert-OH is 4. The number of oxime groups is 1. The van der Waals surface area contributed by atoms with Gasteiger partial charge in [-0.3, -0.25) is 0 Å². The third-order valence-electron chi connectivity index (χ3n) is 1.86. The Balaban J connectivity index is 2.78. The lowest BCUT2D eigenvalue weighted by Gasteiger charge is -2.34. The van der Waals surface area contributed by atoms with Crippen molar-refractivity contribution in [3.63, 3.8) is 0 Å².